The molecule has 0 aliphatic rings. The number of H-pyrrole nitrogens is 1. The first-order valence-corrected chi connectivity index (χ1v) is 8.58. The Labute approximate surface area is 163 Å². The fraction of sp³-hybridized carbons (Fsp3) is 0.438. The van der Waals surface area contributed by atoms with Gasteiger partial charge in [-0.1, -0.05) is 19.0 Å². The molecule has 12 nitrogen and oxygen atoms in total. The zero-order chi connectivity index (χ0) is 21.6. The largest absolute Gasteiger partial charge is 0.481 e. The van der Waals surface area contributed by atoms with Crippen molar-refractivity contribution in [2.45, 2.75) is 33.2 Å². The van der Waals surface area contributed by atoms with E-state index in [2.05, 4.69) is 30.3 Å². The Morgan fingerprint density at radius 1 is 1.48 bits per heavy atom. The number of azide groups is 1. The van der Waals surface area contributed by atoms with Gasteiger partial charge in [-0.3, -0.25) is 24.7 Å². The Hall–Kier alpha value is -3.73. The number of nitrogens with zero attached hydrogens (tertiary/aromatic N) is 6. The van der Waals surface area contributed by atoms with Gasteiger partial charge in [0, 0.05) is 17.4 Å². The Bertz CT molecular complexity index is 1060. The van der Waals surface area contributed by atoms with Gasteiger partial charge in [0.25, 0.3) is 5.56 Å². The van der Waals surface area contributed by atoms with E-state index < -0.39 is 30.3 Å². The lowest BCUT2D eigenvalue weighted by Gasteiger charge is -2.09. The number of carbonyl (C=O) groups excluding carboxylic acids is 1. The lowest BCUT2D eigenvalue weighted by Crippen LogP contribution is -2.22. The second-order valence-corrected chi connectivity index (χ2v) is 6.39. The molecule has 0 aliphatic heterocycles. The molecular weight excluding hydrogens is 387 g/mol. The highest BCUT2D eigenvalue weighted by Crippen LogP contribution is 2.19. The van der Waals surface area contributed by atoms with E-state index in [1.54, 1.807) is 13.8 Å². The van der Waals surface area contributed by atoms with Crippen LogP contribution in [0.15, 0.2) is 27.6 Å². The summed E-state index contributed by atoms with van der Waals surface area (Å²) in [6, 6.07) is 0. The van der Waals surface area contributed by atoms with Gasteiger partial charge in [0.2, 0.25) is 11.9 Å². The molecule has 0 spiro atoms. The van der Waals surface area contributed by atoms with E-state index in [9.17, 15) is 18.8 Å². The normalized spacial score (nSPS) is 11.9. The highest BCUT2D eigenvalue weighted by Gasteiger charge is 2.16. The quantitative estimate of drug-likeness (QED) is 0.326. The van der Waals surface area contributed by atoms with Crippen molar-refractivity contribution < 1.29 is 19.1 Å². The van der Waals surface area contributed by atoms with Crippen molar-refractivity contribution >= 4 is 29.0 Å². The van der Waals surface area contributed by atoms with E-state index in [1.807, 2.05) is 0 Å². The number of aromatic nitrogens is 4. The van der Waals surface area contributed by atoms with Crippen LogP contribution in [-0.4, -0.2) is 43.0 Å². The van der Waals surface area contributed by atoms with Gasteiger partial charge in [-0.25, -0.2) is 9.37 Å². The van der Waals surface area contributed by atoms with Crippen LogP contribution in [0, 0.1) is 5.92 Å². The third-order valence-electron chi connectivity index (χ3n) is 3.88. The Morgan fingerprint density at radius 3 is 2.83 bits per heavy atom. The zero-order valence-corrected chi connectivity index (χ0v) is 15.7. The molecule has 154 valence electrons. The topological polar surface area (TPSA) is 179 Å². The maximum Gasteiger partial charge on any atom is 0.307 e. The molecule has 3 N–H and O–H groups in total. The number of carboxylic acids is 1. The van der Waals surface area contributed by atoms with Crippen LogP contribution >= 0.6 is 0 Å². The van der Waals surface area contributed by atoms with Crippen LogP contribution in [-0.2, 0) is 16.1 Å². The van der Waals surface area contributed by atoms with Crippen LogP contribution in [0.4, 0.5) is 10.3 Å². The molecule has 0 aromatic carbocycles. The molecule has 2 rings (SSSR count). The number of halogens is 1. The summed E-state index contributed by atoms with van der Waals surface area (Å²) < 4.78 is 15.9. The molecular formula is C16H19FN8O4. The summed E-state index contributed by atoms with van der Waals surface area (Å²) in [6.45, 7) is 2.80. The van der Waals surface area contributed by atoms with Gasteiger partial charge in [-0.05, 0) is 17.5 Å². The van der Waals surface area contributed by atoms with Crippen LogP contribution < -0.4 is 10.9 Å². The van der Waals surface area contributed by atoms with E-state index in [0.29, 0.717) is 0 Å². The fourth-order valence-electron chi connectivity index (χ4n) is 2.38. The molecule has 29 heavy (non-hydrogen) atoms. The molecule has 0 bridgehead atoms. The van der Waals surface area contributed by atoms with Gasteiger partial charge in [0.15, 0.2) is 11.2 Å². The number of aliphatic carboxylic acids is 1. The molecule has 2 aromatic rings. The second-order valence-electron chi connectivity index (χ2n) is 6.39. The number of imidazole rings is 1. The second kappa shape index (κ2) is 9.46. The van der Waals surface area contributed by atoms with Crippen molar-refractivity contribution in [1.29, 1.82) is 0 Å². The third kappa shape index (κ3) is 5.62. The van der Waals surface area contributed by atoms with Crippen molar-refractivity contribution in [3.8, 4) is 0 Å². The van der Waals surface area contributed by atoms with Crippen molar-refractivity contribution in [3.63, 3.8) is 0 Å². The van der Waals surface area contributed by atoms with Crippen molar-refractivity contribution in [1.82, 2.24) is 19.5 Å². The van der Waals surface area contributed by atoms with Gasteiger partial charge in [0.1, 0.15) is 5.83 Å². The number of rotatable bonds is 9. The summed E-state index contributed by atoms with van der Waals surface area (Å²) in [4.78, 5) is 47.9. The molecule has 0 radical (unpaired) electrons. The molecule has 2 aromatic heterocycles. The number of carboxylic acid groups (broad SMARTS) is 1. The third-order valence-corrected chi connectivity index (χ3v) is 3.88. The van der Waals surface area contributed by atoms with Gasteiger partial charge >= 0.3 is 5.97 Å². The van der Waals surface area contributed by atoms with Crippen LogP contribution in [0.1, 0.15) is 26.7 Å². The first-order valence-electron chi connectivity index (χ1n) is 8.58. The van der Waals surface area contributed by atoms with Crippen molar-refractivity contribution in [2.75, 3.05) is 11.9 Å². The number of hydrogen-bond donors (Lipinski definition) is 3. The van der Waals surface area contributed by atoms with Crippen molar-refractivity contribution in [2.24, 2.45) is 11.0 Å². The predicted molar refractivity (Wildman–Crippen MR) is 101 cm³/mol. The van der Waals surface area contributed by atoms with E-state index in [0.717, 1.165) is 0 Å². The molecule has 0 saturated carbocycles. The molecule has 0 atom stereocenters. The first-order chi connectivity index (χ1) is 13.7. The fourth-order valence-corrected chi connectivity index (χ4v) is 2.38. The number of aromatic amines is 1. The van der Waals surface area contributed by atoms with E-state index in [4.69, 9.17) is 10.6 Å². The number of fused-ring (bicyclic) bond motifs is 1. The lowest BCUT2D eigenvalue weighted by molar-refractivity contribution is -0.136. The number of amides is 1. The highest BCUT2D eigenvalue weighted by molar-refractivity contribution is 5.91. The molecule has 2 heterocycles. The minimum Gasteiger partial charge on any atom is -0.481 e. The monoisotopic (exact) mass is 406 g/mol. The highest BCUT2D eigenvalue weighted by atomic mass is 19.1. The first kappa shape index (κ1) is 21.6. The van der Waals surface area contributed by atoms with E-state index in [1.165, 1.54) is 10.9 Å². The summed E-state index contributed by atoms with van der Waals surface area (Å²) in [5.74, 6) is -2.83. The smallest absolute Gasteiger partial charge is 0.307 e. The number of anilines is 1. The Kier molecular flexibility index (Phi) is 7.04. The number of carbonyl (C=O) groups is 2. The minimum atomic E-state index is -1.24. The van der Waals surface area contributed by atoms with Crippen LogP contribution in [0.5, 0.6) is 0 Å². The summed E-state index contributed by atoms with van der Waals surface area (Å²) in [6.07, 6.45) is 0.550. The maximum atomic E-state index is 14.7. The van der Waals surface area contributed by atoms with Crippen molar-refractivity contribution in [3.05, 3.63) is 38.5 Å². The van der Waals surface area contributed by atoms with E-state index in [-0.39, 0.29) is 47.5 Å². The van der Waals surface area contributed by atoms with E-state index >= 15 is 0 Å². The SMILES string of the molecule is CC(C)C(=O)Nc1nc2c(ncn2C/C(F)=C(\CCN=[N+]=[N-])CC(=O)O)c(=O)[nH]1. The average molecular weight is 406 g/mol. The van der Waals surface area contributed by atoms with Crippen LogP contribution in [0.3, 0.4) is 0 Å². The summed E-state index contributed by atoms with van der Waals surface area (Å²) in [5, 5.41) is 14.7. The molecule has 13 heteroatoms. The van der Waals surface area contributed by atoms with Gasteiger partial charge in [0.05, 0.1) is 19.3 Å². The number of nitrogens with one attached hydrogen (secondary N) is 2. The standard InChI is InChI=1S/C16H19FN8O4/c1-8(2)14(28)22-16-21-13-12(15(29)23-16)19-7-25(13)6-10(17)9(5-11(26)27)3-4-20-24-18/h7-8H,3-6H2,1-2H3,(H,26,27)(H2,21,22,23,28,29)/b10-9-. The van der Waals surface area contributed by atoms with Crippen LogP contribution in [0.25, 0.3) is 21.6 Å². The summed E-state index contributed by atoms with van der Waals surface area (Å²) in [5.41, 5.74) is 7.61. The Morgan fingerprint density at radius 2 is 2.21 bits per heavy atom. The van der Waals surface area contributed by atoms with Gasteiger partial charge in [-0.2, -0.15) is 4.98 Å². The molecule has 1 amide bonds. The van der Waals surface area contributed by atoms with Crippen LogP contribution in [0.2, 0.25) is 0 Å². The Balaban J connectivity index is 2.39. The predicted octanol–water partition coefficient (Wildman–Crippen LogP) is 2.11. The minimum absolute atomic E-state index is 0.0210. The average Bonchev–Trinajstić information content (AvgIpc) is 3.03. The lowest BCUT2D eigenvalue weighted by atomic mass is 10.1. The summed E-state index contributed by atoms with van der Waals surface area (Å²) in [7, 11) is 0. The zero-order valence-electron chi connectivity index (χ0n) is 15.7. The number of hydrogen-bond acceptors (Lipinski definition) is 6. The summed E-state index contributed by atoms with van der Waals surface area (Å²) >= 11 is 0. The molecule has 0 unspecified atom stereocenters. The number of allylic oxidation sites excluding steroid dienone is 1. The molecule has 0 fully saturated rings. The van der Waals surface area contributed by atoms with Gasteiger partial charge in [-0.15, -0.1) is 0 Å². The molecule has 0 saturated heterocycles. The van der Waals surface area contributed by atoms with Gasteiger partial charge < -0.3 is 9.67 Å². The molecule has 0 aliphatic carbocycles. The maximum absolute atomic E-state index is 14.7.